The Balaban J connectivity index is 1.26. The Labute approximate surface area is 251 Å². The maximum Gasteiger partial charge on any atom is 0.319 e. The Morgan fingerprint density at radius 3 is 2.36 bits per heavy atom. The molecule has 6 rings (SSSR count). The topological polar surface area (TPSA) is 85.3 Å². The molecule has 3 saturated heterocycles. The van der Waals surface area contributed by atoms with Crippen molar-refractivity contribution in [1.29, 1.82) is 0 Å². The lowest BCUT2D eigenvalue weighted by Crippen LogP contribution is -2.48. The van der Waals surface area contributed by atoms with E-state index in [1.165, 1.54) is 12.5 Å². The molecular weight excluding hydrogens is 550 g/mol. The molecule has 0 bridgehead atoms. The van der Waals surface area contributed by atoms with Crippen LogP contribution in [0, 0.1) is 0 Å². The standard InChI is InChI=1S/C31H39N7O3S/c1-4-27(39)36-16-18-37(19-17-36)28-25-20-26(42-29(25)33-31(32-28)41-21-24-6-5-11-35(24)3)22-7-9-23(10-8-22)30(40)38-14-12-34(2)13-15-38/h4,7-10,20,24H,1,5-6,11-19,21H2,2-3H3/t24-/m1/s1. The molecule has 0 spiro atoms. The summed E-state index contributed by atoms with van der Waals surface area (Å²) in [6.45, 7) is 11.2. The minimum Gasteiger partial charge on any atom is -0.462 e. The van der Waals surface area contributed by atoms with Crippen LogP contribution in [0.5, 0.6) is 6.01 Å². The molecule has 0 aliphatic carbocycles. The third-order valence-electron chi connectivity index (χ3n) is 8.70. The molecule has 3 aliphatic rings. The number of rotatable bonds is 7. The summed E-state index contributed by atoms with van der Waals surface area (Å²) in [5.74, 6) is 0.882. The van der Waals surface area contributed by atoms with Gasteiger partial charge < -0.3 is 29.2 Å². The first kappa shape index (κ1) is 28.6. The van der Waals surface area contributed by atoms with Crippen LogP contribution in [0.2, 0.25) is 0 Å². The number of nitrogens with zero attached hydrogens (tertiary/aromatic N) is 7. The summed E-state index contributed by atoms with van der Waals surface area (Å²) < 4.78 is 6.19. The van der Waals surface area contributed by atoms with Crippen LogP contribution >= 0.6 is 11.3 Å². The first-order valence-corrected chi connectivity index (χ1v) is 15.6. The number of hydrogen-bond acceptors (Lipinski definition) is 9. The largest absolute Gasteiger partial charge is 0.462 e. The van der Waals surface area contributed by atoms with Crippen molar-refractivity contribution in [3.05, 3.63) is 48.6 Å². The Kier molecular flexibility index (Phi) is 8.41. The van der Waals surface area contributed by atoms with Crippen LogP contribution in [-0.2, 0) is 4.79 Å². The Morgan fingerprint density at radius 2 is 1.69 bits per heavy atom. The molecule has 3 aromatic rings. The van der Waals surface area contributed by atoms with E-state index in [9.17, 15) is 9.59 Å². The van der Waals surface area contributed by atoms with Crippen LogP contribution in [0.4, 0.5) is 5.82 Å². The van der Waals surface area contributed by atoms with Gasteiger partial charge in [-0.3, -0.25) is 9.59 Å². The van der Waals surface area contributed by atoms with Crippen molar-refractivity contribution in [3.8, 4) is 16.5 Å². The predicted octanol–water partition coefficient (Wildman–Crippen LogP) is 3.05. The molecule has 5 heterocycles. The van der Waals surface area contributed by atoms with Gasteiger partial charge in [0.05, 0.1) is 5.39 Å². The van der Waals surface area contributed by atoms with E-state index >= 15 is 0 Å². The fraction of sp³-hybridized carbons (Fsp3) is 0.484. The number of aromatic nitrogens is 2. The highest BCUT2D eigenvalue weighted by Crippen LogP contribution is 2.38. The number of fused-ring (bicyclic) bond motifs is 1. The molecule has 3 aliphatic heterocycles. The number of thiophene rings is 1. The van der Waals surface area contributed by atoms with Gasteiger partial charge in [-0.2, -0.15) is 9.97 Å². The molecule has 2 aromatic heterocycles. The number of carbonyl (C=O) groups is 2. The minimum atomic E-state index is -0.0421. The molecule has 0 radical (unpaired) electrons. The van der Waals surface area contributed by atoms with Crippen molar-refractivity contribution in [2.75, 3.05) is 84.5 Å². The molecule has 1 atom stereocenters. The molecule has 3 fully saturated rings. The van der Waals surface area contributed by atoms with Gasteiger partial charge in [-0.25, -0.2) is 0 Å². The maximum atomic E-state index is 13.1. The molecule has 0 unspecified atom stereocenters. The van der Waals surface area contributed by atoms with E-state index in [-0.39, 0.29) is 11.8 Å². The highest BCUT2D eigenvalue weighted by atomic mass is 32.1. The average Bonchev–Trinajstić information content (AvgIpc) is 3.65. The molecule has 0 N–H and O–H groups in total. The molecular formula is C31H39N7O3S. The zero-order chi connectivity index (χ0) is 29.2. The average molecular weight is 590 g/mol. The van der Waals surface area contributed by atoms with Gasteiger partial charge in [0.2, 0.25) is 5.91 Å². The van der Waals surface area contributed by atoms with Gasteiger partial charge in [0.1, 0.15) is 17.3 Å². The number of amides is 2. The number of likely N-dealkylation sites (tertiary alicyclic amines) is 1. The van der Waals surface area contributed by atoms with Crippen LogP contribution < -0.4 is 9.64 Å². The fourth-order valence-electron chi connectivity index (χ4n) is 5.93. The van der Waals surface area contributed by atoms with Gasteiger partial charge in [-0.15, -0.1) is 11.3 Å². The fourth-order valence-corrected chi connectivity index (χ4v) is 6.96. The van der Waals surface area contributed by atoms with Gasteiger partial charge in [-0.05, 0) is 63.3 Å². The third kappa shape index (κ3) is 5.99. The first-order chi connectivity index (χ1) is 20.4. The molecule has 0 saturated carbocycles. The summed E-state index contributed by atoms with van der Waals surface area (Å²) in [5.41, 5.74) is 1.75. The number of carbonyl (C=O) groups excluding carboxylic acids is 2. The second-order valence-corrected chi connectivity index (χ2v) is 12.5. The van der Waals surface area contributed by atoms with E-state index in [1.807, 2.05) is 34.1 Å². The lowest BCUT2D eigenvalue weighted by atomic mass is 10.1. The monoisotopic (exact) mass is 589 g/mol. The van der Waals surface area contributed by atoms with Crippen LogP contribution in [0.1, 0.15) is 23.2 Å². The summed E-state index contributed by atoms with van der Waals surface area (Å²) in [6.07, 6.45) is 3.67. The lowest BCUT2D eigenvalue weighted by Gasteiger charge is -2.35. The predicted molar refractivity (Wildman–Crippen MR) is 166 cm³/mol. The Morgan fingerprint density at radius 1 is 0.976 bits per heavy atom. The maximum absolute atomic E-state index is 13.1. The quantitative estimate of drug-likeness (QED) is 0.389. The van der Waals surface area contributed by atoms with Gasteiger partial charge in [-0.1, -0.05) is 18.7 Å². The molecule has 42 heavy (non-hydrogen) atoms. The van der Waals surface area contributed by atoms with E-state index in [4.69, 9.17) is 14.7 Å². The molecule has 222 valence electrons. The van der Waals surface area contributed by atoms with Crippen molar-refractivity contribution in [1.82, 2.24) is 29.6 Å². The minimum absolute atomic E-state index is 0.0421. The number of anilines is 1. The SMILES string of the molecule is C=CC(=O)N1CCN(c2nc(OC[C@H]3CCCN3C)nc3sc(-c4ccc(C(=O)N5CCN(C)CC5)cc4)cc23)CC1. The normalized spacial score (nSPS) is 20.3. The number of ether oxygens (including phenoxy) is 1. The highest BCUT2D eigenvalue weighted by Gasteiger charge is 2.26. The van der Waals surface area contributed by atoms with Crippen molar-refractivity contribution in [2.24, 2.45) is 0 Å². The highest BCUT2D eigenvalue weighted by molar-refractivity contribution is 7.21. The Hall–Kier alpha value is -3.54. The zero-order valence-electron chi connectivity index (χ0n) is 24.5. The molecule has 10 nitrogen and oxygen atoms in total. The van der Waals surface area contributed by atoms with Gasteiger partial charge >= 0.3 is 6.01 Å². The zero-order valence-corrected chi connectivity index (χ0v) is 25.3. The van der Waals surface area contributed by atoms with Crippen LogP contribution in [-0.4, -0.2) is 127 Å². The summed E-state index contributed by atoms with van der Waals surface area (Å²) in [5, 5.41) is 0.974. The Bertz CT molecular complexity index is 1440. The second-order valence-electron chi connectivity index (χ2n) is 11.4. The van der Waals surface area contributed by atoms with E-state index in [2.05, 4.69) is 41.4 Å². The van der Waals surface area contributed by atoms with Gasteiger partial charge in [0, 0.05) is 68.8 Å². The molecule has 1 aromatic carbocycles. The van der Waals surface area contributed by atoms with Gasteiger partial charge in [0.15, 0.2) is 0 Å². The number of benzene rings is 1. The number of piperazine rings is 2. The second kappa shape index (κ2) is 12.4. The lowest BCUT2D eigenvalue weighted by molar-refractivity contribution is -0.126. The third-order valence-corrected chi connectivity index (χ3v) is 9.78. The van der Waals surface area contributed by atoms with Crippen LogP contribution in [0.25, 0.3) is 20.7 Å². The summed E-state index contributed by atoms with van der Waals surface area (Å²) in [7, 11) is 4.22. The molecule has 11 heteroatoms. The first-order valence-electron chi connectivity index (χ1n) is 14.8. The van der Waals surface area contributed by atoms with Crippen molar-refractivity contribution < 1.29 is 14.3 Å². The van der Waals surface area contributed by atoms with E-state index in [0.717, 1.165) is 65.6 Å². The number of likely N-dealkylation sites (N-methyl/N-ethyl adjacent to an activating group) is 2. The van der Waals surface area contributed by atoms with Crippen molar-refractivity contribution >= 4 is 39.2 Å². The van der Waals surface area contributed by atoms with Crippen molar-refractivity contribution in [3.63, 3.8) is 0 Å². The van der Waals surface area contributed by atoms with E-state index in [1.54, 1.807) is 11.3 Å². The van der Waals surface area contributed by atoms with Gasteiger partial charge in [0.25, 0.3) is 5.91 Å². The smallest absolute Gasteiger partial charge is 0.319 e. The van der Waals surface area contributed by atoms with Crippen LogP contribution in [0.15, 0.2) is 43.0 Å². The number of hydrogen-bond donors (Lipinski definition) is 0. The summed E-state index contributed by atoms with van der Waals surface area (Å²) >= 11 is 1.61. The van der Waals surface area contributed by atoms with Crippen molar-refractivity contribution in [2.45, 2.75) is 18.9 Å². The summed E-state index contributed by atoms with van der Waals surface area (Å²) in [6, 6.07) is 10.8. The van der Waals surface area contributed by atoms with E-state index in [0.29, 0.717) is 50.4 Å². The molecule has 2 amide bonds. The van der Waals surface area contributed by atoms with Crippen LogP contribution in [0.3, 0.4) is 0 Å². The van der Waals surface area contributed by atoms with E-state index < -0.39 is 0 Å². The summed E-state index contributed by atoms with van der Waals surface area (Å²) in [4.78, 5) is 47.4.